The third-order valence-electron chi connectivity index (χ3n) is 4.45. The highest BCUT2D eigenvalue weighted by Gasteiger charge is 2.35. The number of hydrogen-bond acceptors (Lipinski definition) is 3. The molecule has 12 heteroatoms. The standard InChI is InChI=1S/C19H13Cl3F3N3O3/c1-2-27-10(8-28-15(22)7-14(26-28)19(23,24)25)6-13(29)16(18(30)31)17(27)9-3-4-11(20)12(21)5-9/h3-7H,2,8H2,1H3,(H,30,31). The molecule has 3 rings (SSSR count). The van der Waals surface area contributed by atoms with Crippen LogP contribution in [0.1, 0.15) is 28.7 Å². The van der Waals surface area contributed by atoms with Gasteiger partial charge in [0.2, 0.25) is 0 Å². The number of aromatic carboxylic acids is 1. The number of hydrogen-bond donors (Lipinski definition) is 1. The summed E-state index contributed by atoms with van der Waals surface area (Å²) in [7, 11) is 0. The van der Waals surface area contributed by atoms with Crippen LogP contribution in [0.2, 0.25) is 15.2 Å². The van der Waals surface area contributed by atoms with Gasteiger partial charge in [0, 0.05) is 29.9 Å². The molecule has 0 amide bonds. The molecule has 0 saturated heterocycles. The van der Waals surface area contributed by atoms with Gasteiger partial charge in [-0.3, -0.25) is 4.79 Å². The normalized spacial score (nSPS) is 11.7. The Balaban J connectivity index is 2.25. The van der Waals surface area contributed by atoms with E-state index in [1.807, 2.05) is 0 Å². The van der Waals surface area contributed by atoms with Crippen LogP contribution in [0.3, 0.4) is 0 Å². The number of carboxylic acids is 1. The van der Waals surface area contributed by atoms with E-state index < -0.39 is 28.8 Å². The zero-order valence-corrected chi connectivity index (χ0v) is 17.9. The van der Waals surface area contributed by atoms with E-state index in [1.165, 1.54) is 22.8 Å². The zero-order valence-electron chi connectivity index (χ0n) is 15.7. The Morgan fingerprint density at radius 1 is 1.13 bits per heavy atom. The molecule has 0 aliphatic carbocycles. The average Bonchev–Trinajstić information content (AvgIpc) is 3.04. The van der Waals surface area contributed by atoms with Gasteiger partial charge in [-0.15, -0.1) is 0 Å². The Bertz CT molecular complexity index is 1240. The first-order valence-corrected chi connectivity index (χ1v) is 9.83. The summed E-state index contributed by atoms with van der Waals surface area (Å²) < 4.78 is 41.2. The number of benzene rings is 1. The van der Waals surface area contributed by atoms with Crippen molar-refractivity contribution in [1.82, 2.24) is 14.3 Å². The molecule has 164 valence electrons. The number of aromatic nitrogens is 3. The van der Waals surface area contributed by atoms with Crippen molar-refractivity contribution >= 4 is 40.8 Å². The van der Waals surface area contributed by atoms with Crippen molar-refractivity contribution in [2.45, 2.75) is 26.2 Å². The van der Waals surface area contributed by atoms with Crippen LogP contribution in [0.15, 0.2) is 35.1 Å². The highest BCUT2D eigenvalue weighted by Crippen LogP contribution is 2.32. The minimum Gasteiger partial charge on any atom is -0.477 e. The van der Waals surface area contributed by atoms with E-state index in [9.17, 15) is 27.9 Å². The van der Waals surface area contributed by atoms with Gasteiger partial charge >= 0.3 is 12.1 Å². The number of nitrogens with zero attached hydrogens (tertiary/aromatic N) is 3. The van der Waals surface area contributed by atoms with Crippen molar-refractivity contribution in [1.29, 1.82) is 0 Å². The third kappa shape index (κ3) is 4.58. The topological polar surface area (TPSA) is 77.1 Å². The Hall–Kier alpha value is -2.49. The van der Waals surface area contributed by atoms with Gasteiger partial charge in [-0.2, -0.15) is 18.3 Å². The number of halogens is 6. The summed E-state index contributed by atoms with van der Waals surface area (Å²) in [6.45, 7) is 1.58. The molecule has 6 nitrogen and oxygen atoms in total. The number of carbonyl (C=O) groups is 1. The molecule has 0 radical (unpaired) electrons. The van der Waals surface area contributed by atoms with Gasteiger partial charge in [0.1, 0.15) is 10.7 Å². The molecular weight excluding hydrogens is 482 g/mol. The minimum atomic E-state index is -4.70. The Morgan fingerprint density at radius 2 is 1.81 bits per heavy atom. The molecule has 0 saturated carbocycles. The van der Waals surface area contributed by atoms with E-state index in [1.54, 1.807) is 6.92 Å². The number of alkyl halides is 3. The summed E-state index contributed by atoms with van der Waals surface area (Å²) in [6.07, 6.45) is -4.70. The van der Waals surface area contributed by atoms with E-state index in [-0.39, 0.29) is 39.7 Å². The molecule has 0 fully saturated rings. The molecule has 31 heavy (non-hydrogen) atoms. The van der Waals surface area contributed by atoms with E-state index in [0.29, 0.717) is 11.6 Å². The molecule has 0 atom stereocenters. The van der Waals surface area contributed by atoms with Crippen LogP contribution in [0.4, 0.5) is 13.2 Å². The fourth-order valence-electron chi connectivity index (χ4n) is 3.14. The first-order valence-electron chi connectivity index (χ1n) is 8.70. The van der Waals surface area contributed by atoms with Crippen molar-refractivity contribution < 1.29 is 23.1 Å². The molecule has 1 aromatic carbocycles. The molecule has 0 aliphatic heterocycles. The molecule has 1 N–H and O–H groups in total. The summed E-state index contributed by atoms with van der Waals surface area (Å²) >= 11 is 17.9. The maximum absolute atomic E-state index is 12.9. The first-order chi connectivity index (χ1) is 14.4. The maximum Gasteiger partial charge on any atom is 0.435 e. The van der Waals surface area contributed by atoms with Crippen LogP contribution in [0.25, 0.3) is 11.3 Å². The summed E-state index contributed by atoms with van der Waals surface area (Å²) in [5.41, 5.74) is -1.98. The second-order valence-corrected chi connectivity index (χ2v) is 7.61. The van der Waals surface area contributed by atoms with Gasteiger partial charge in [0.05, 0.1) is 22.3 Å². The molecular formula is C19H13Cl3F3N3O3. The minimum absolute atomic E-state index is 0.0374. The Morgan fingerprint density at radius 3 is 2.32 bits per heavy atom. The largest absolute Gasteiger partial charge is 0.477 e. The summed E-state index contributed by atoms with van der Waals surface area (Å²) in [5.74, 6) is -1.46. The second kappa shape index (κ2) is 8.57. The van der Waals surface area contributed by atoms with Gasteiger partial charge in [0.15, 0.2) is 11.1 Å². The lowest BCUT2D eigenvalue weighted by Gasteiger charge is -2.20. The maximum atomic E-state index is 12.9. The van der Waals surface area contributed by atoms with Crippen molar-refractivity contribution in [3.8, 4) is 11.3 Å². The van der Waals surface area contributed by atoms with Crippen LogP contribution in [-0.4, -0.2) is 25.4 Å². The average molecular weight is 495 g/mol. The van der Waals surface area contributed by atoms with Crippen molar-refractivity contribution in [2.75, 3.05) is 0 Å². The van der Waals surface area contributed by atoms with Crippen molar-refractivity contribution in [2.24, 2.45) is 0 Å². The van der Waals surface area contributed by atoms with E-state index in [0.717, 1.165) is 10.7 Å². The molecule has 2 aromatic heterocycles. The molecule has 2 heterocycles. The van der Waals surface area contributed by atoms with E-state index in [4.69, 9.17) is 34.8 Å². The molecule has 0 spiro atoms. The lowest BCUT2D eigenvalue weighted by atomic mass is 10.0. The fourth-order valence-corrected chi connectivity index (χ4v) is 3.64. The van der Waals surface area contributed by atoms with Crippen LogP contribution in [-0.2, 0) is 19.3 Å². The van der Waals surface area contributed by atoms with Gasteiger partial charge < -0.3 is 9.67 Å². The predicted octanol–water partition coefficient (Wildman–Crippen LogP) is 5.46. The van der Waals surface area contributed by atoms with E-state index in [2.05, 4.69) is 5.10 Å². The van der Waals surface area contributed by atoms with Gasteiger partial charge in [-0.05, 0) is 19.1 Å². The molecule has 0 unspecified atom stereocenters. The van der Waals surface area contributed by atoms with E-state index >= 15 is 0 Å². The highest BCUT2D eigenvalue weighted by molar-refractivity contribution is 6.42. The predicted molar refractivity (Wildman–Crippen MR) is 110 cm³/mol. The number of rotatable bonds is 5. The van der Waals surface area contributed by atoms with Crippen LogP contribution in [0, 0.1) is 0 Å². The summed E-state index contributed by atoms with van der Waals surface area (Å²) in [4.78, 5) is 24.5. The second-order valence-electron chi connectivity index (χ2n) is 6.41. The van der Waals surface area contributed by atoms with Crippen LogP contribution in [0.5, 0.6) is 0 Å². The van der Waals surface area contributed by atoms with Gasteiger partial charge in [0.25, 0.3) is 0 Å². The Kier molecular flexibility index (Phi) is 6.40. The molecule has 3 aromatic rings. The number of carboxylic acid groups (broad SMARTS) is 1. The Labute approximate surface area is 188 Å². The lowest BCUT2D eigenvalue weighted by Crippen LogP contribution is -2.24. The van der Waals surface area contributed by atoms with Crippen molar-refractivity contribution in [3.63, 3.8) is 0 Å². The van der Waals surface area contributed by atoms with Crippen LogP contribution >= 0.6 is 34.8 Å². The molecule has 0 aliphatic rings. The summed E-state index contributed by atoms with van der Waals surface area (Å²) in [6, 6.07) is 6.06. The molecule has 0 bridgehead atoms. The lowest BCUT2D eigenvalue weighted by molar-refractivity contribution is -0.141. The van der Waals surface area contributed by atoms with Crippen LogP contribution < -0.4 is 5.43 Å². The SMILES string of the molecule is CCn1c(Cn2nc(C(F)(F)F)cc2Cl)cc(=O)c(C(=O)O)c1-c1ccc(Cl)c(Cl)c1. The smallest absolute Gasteiger partial charge is 0.435 e. The van der Waals surface area contributed by atoms with Gasteiger partial charge in [-0.25, -0.2) is 9.48 Å². The monoisotopic (exact) mass is 493 g/mol. The number of pyridine rings is 1. The highest BCUT2D eigenvalue weighted by atomic mass is 35.5. The van der Waals surface area contributed by atoms with Crippen molar-refractivity contribution in [3.05, 3.63) is 72.7 Å². The first kappa shape index (κ1) is 23.2. The fraction of sp³-hybridized carbons (Fsp3) is 0.211. The third-order valence-corrected chi connectivity index (χ3v) is 5.50. The zero-order chi connectivity index (χ0) is 23.1. The van der Waals surface area contributed by atoms with Gasteiger partial charge in [-0.1, -0.05) is 40.9 Å². The summed E-state index contributed by atoms with van der Waals surface area (Å²) in [5, 5.41) is 13.2. The quantitative estimate of drug-likeness (QED) is 0.511.